The molecule has 0 radical (unpaired) electrons. The average Bonchev–Trinajstić information content (AvgIpc) is 3.34. The number of rotatable bonds is 9. The third-order valence-corrected chi connectivity index (χ3v) is 5.78. The Morgan fingerprint density at radius 3 is 2.63 bits per heavy atom. The molecule has 0 aliphatic heterocycles. The van der Waals surface area contributed by atoms with Crippen LogP contribution in [0.25, 0.3) is 5.69 Å². The summed E-state index contributed by atoms with van der Waals surface area (Å²) >= 11 is 0. The number of carbonyl (C=O) groups is 1. The Morgan fingerprint density at radius 1 is 1.06 bits per heavy atom. The number of nitrogens with one attached hydrogen (secondary N) is 2. The number of pyridine rings is 1. The second-order valence-electron chi connectivity index (χ2n) is 8.13. The minimum absolute atomic E-state index is 0.0948. The summed E-state index contributed by atoms with van der Waals surface area (Å²) in [6.07, 6.45) is 3.25. The van der Waals surface area contributed by atoms with Gasteiger partial charge in [-0.05, 0) is 60.0 Å². The average molecular weight is 475 g/mol. The molecular weight excluding hydrogens is 447 g/mol. The Bertz CT molecular complexity index is 1380. The van der Waals surface area contributed by atoms with Gasteiger partial charge in [-0.15, -0.1) is 0 Å². The number of aryl methyl sites for hydroxylation is 1. The summed E-state index contributed by atoms with van der Waals surface area (Å²) in [5, 5.41) is 7.12. The van der Waals surface area contributed by atoms with Crippen LogP contribution < -0.4 is 22.0 Å². The molecule has 8 nitrogen and oxygen atoms in total. The predicted octanol–water partition coefficient (Wildman–Crippen LogP) is 2.54. The van der Waals surface area contributed by atoms with E-state index in [1.807, 2.05) is 36.4 Å². The van der Waals surface area contributed by atoms with Crippen molar-refractivity contribution in [3.63, 3.8) is 0 Å². The summed E-state index contributed by atoms with van der Waals surface area (Å²) in [5.41, 5.74) is 12.7. The number of nitrogens with two attached hydrogens (primary N) is 1. The van der Waals surface area contributed by atoms with Gasteiger partial charge in [-0.2, -0.15) is 5.10 Å². The molecule has 2 heterocycles. The molecule has 0 saturated heterocycles. The summed E-state index contributed by atoms with van der Waals surface area (Å²) < 4.78 is 16.8. The number of para-hydroxylation sites is 1. The molecular formula is C26H27FN6O2. The maximum atomic E-state index is 13.6. The Balaban J connectivity index is 1.44. The molecule has 0 atom stereocenters. The first-order valence-electron chi connectivity index (χ1n) is 11.2. The van der Waals surface area contributed by atoms with E-state index in [4.69, 9.17) is 5.73 Å². The highest BCUT2D eigenvalue weighted by molar-refractivity contribution is 5.78. The van der Waals surface area contributed by atoms with E-state index in [0.29, 0.717) is 23.2 Å². The van der Waals surface area contributed by atoms with E-state index >= 15 is 0 Å². The first kappa shape index (κ1) is 23.9. The summed E-state index contributed by atoms with van der Waals surface area (Å²) in [5.74, 6) is -0.731. The smallest absolute Gasteiger partial charge is 0.272 e. The van der Waals surface area contributed by atoms with Gasteiger partial charge in [0, 0.05) is 31.0 Å². The highest BCUT2D eigenvalue weighted by Gasteiger charge is 2.14. The Kier molecular flexibility index (Phi) is 7.37. The van der Waals surface area contributed by atoms with E-state index in [9.17, 15) is 14.0 Å². The maximum Gasteiger partial charge on any atom is 0.272 e. The van der Waals surface area contributed by atoms with Crippen LogP contribution in [0.3, 0.4) is 0 Å². The fourth-order valence-electron chi connectivity index (χ4n) is 3.82. The number of benzene rings is 2. The monoisotopic (exact) mass is 474 g/mol. The summed E-state index contributed by atoms with van der Waals surface area (Å²) in [7, 11) is 0. The zero-order valence-corrected chi connectivity index (χ0v) is 19.4. The van der Waals surface area contributed by atoms with E-state index in [0.717, 1.165) is 16.9 Å². The van der Waals surface area contributed by atoms with Gasteiger partial charge in [0.15, 0.2) is 0 Å². The zero-order valence-electron chi connectivity index (χ0n) is 19.4. The van der Waals surface area contributed by atoms with Crippen molar-refractivity contribution >= 4 is 5.91 Å². The molecule has 0 fully saturated rings. The molecule has 0 unspecified atom stereocenters. The van der Waals surface area contributed by atoms with Crippen molar-refractivity contribution in [2.24, 2.45) is 5.73 Å². The molecule has 4 aromatic rings. The van der Waals surface area contributed by atoms with Crippen LogP contribution in [0.4, 0.5) is 4.39 Å². The molecule has 0 saturated carbocycles. The number of carbonyl (C=O) groups excluding carboxylic acids is 1. The molecule has 2 aromatic carbocycles. The Morgan fingerprint density at radius 2 is 1.86 bits per heavy atom. The lowest BCUT2D eigenvalue weighted by molar-refractivity contribution is -0.120. The number of amides is 1. The molecule has 2 aromatic heterocycles. The van der Waals surface area contributed by atoms with Crippen molar-refractivity contribution in [1.82, 2.24) is 19.8 Å². The second-order valence-corrected chi connectivity index (χ2v) is 8.13. The third kappa shape index (κ3) is 5.64. The van der Waals surface area contributed by atoms with Crippen LogP contribution in [0.15, 0.2) is 77.9 Å². The van der Waals surface area contributed by atoms with Crippen LogP contribution in [0, 0.1) is 12.7 Å². The van der Waals surface area contributed by atoms with Crippen molar-refractivity contribution in [1.29, 1.82) is 0 Å². The minimum Gasteiger partial charge on any atom is -0.352 e. The largest absolute Gasteiger partial charge is 0.352 e. The quantitative estimate of drug-likeness (QED) is 0.346. The first-order chi connectivity index (χ1) is 17.0. The molecule has 0 bridgehead atoms. The molecule has 0 aliphatic rings. The van der Waals surface area contributed by atoms with Crippen LogP contribution >= 0.6 is 0 Å². The van der Waals surface area contributed by atoms with Crippen LogP contribution in [0.2, 0.25) is 0 Å². The van der Waals surface area contributed by atoms with E-state index < -0.39 is 5.82 Å². The van der Waals surface area contributed by atoms with Crippen molar-refractivity contribution in [3.05, 3.63) is 117 Å². The van der Waals surface area contributed by atoms with E-state index in [1.165, 1.54) is 16.8 Å². The topological polar surface area (TPSA) is 107 Å². The van der Waals surface area contributed by atoms with E-state index in [2.05, 4.69) is 15.8 Å². The lowest BCUT2D eigenvalue weighted by Crippen LogP contribution is -2.34. The SMILES string of the molecule is Cc1ccn(NCc2ccnn2-c2ccccc2)c(=O)c1CC(=O)NCc1cc(F)ccc1CN. The highest BCUT2D eigenvalue weighted by Crippen LogP contribution is 2.12. The Labute approximate surface area is 202 Å². The van der Waals surface area contributed by atoms with E-state index in [-0.39, 0.29) is 31.0 Å². The van der Waals surface area contributed by atoms with Crippen LogP contribution in [-0.4, -0.2) is 20.4 Å². The number of nitrogens with zero attached hydrogens (tertiary/aromatic N) is 3. The summed E-state index contributed by atoms with van der Waals surface area (Å²) in [6, 6.07) is 17.6. The van der Waals surface area contributed by atoms with Crippen LogP contribution in [-0.2, 0) is 30.8 Å². The zero-order chi connectivity index (χ0) is 24.8. The number of hydrogen-bond donors (Lipinski definition) is 3. The van der Waals surface area contributed by atoms with Gasteiger partial charge in [0.1, 0.15) is 5.82 Å². The number of halogens is 1. The first-order valence-corrected chi connectivity index (χ1v) is 11.2. The van der Waals surface area contributed by atoms with Gasteiger partial charge in [0.25, 0.3) is 5.56 Å². The van der Waals surface area contributed by atoms with Crippen molar-refractivity contribution in [3.8, 4) is 5.69 Å². The lowest BCUT2D eigenvalue weighted by atomic mass is 10.1. The summed E-state index contributed by atoms with van der Waals surface area (Å²) in [4.78, 5) is 25.7. The molecule has 1 amide bonds. The van der Waals surface area contributed by atoms with Gasteiger partial charge in [-0.25, -0.2) is 13.7 Å². The number of aromatic nitrogens is 3. The molecule has 0 aliphatic carbocycles. The van der Waals surface area contributed by atoms with Gasteiger partial charge < -0.3 is 16.5 Å². The molecule has 0 spiro atoms. The molecule has 9 heteroatoms. The van der Waals surface area contributed by atoms with E-state index in [1.54, 1.807) is 36.1 Å². The van der Waals surface area contributed by atoms with Gasteiger partial charge in [-0.3, -0.25) is 9.59 Å². The standard InChI is InChI=1S/C26H27FN6O2/c1-18-10-12-32(31-17-23-9-11-30-33(23)22-5-3-2-4-6-22)26(35)24(18)14-25(34)29-16-20-13-21(27)8-7-19(20)15-28/h2-13,31H,14-17,28H2,1H3,(H,29,34). The summed E-state index contributed by atoms with van der Waals surface area (Å²) in [6.45, 7) is 2.51. The maximum absolute atomic E-state index is 13.6. The highest BCUT2D eigenvalue weighted by atomic mass is 19.1. The van der Waals surface area contributed by atoms with Gasteiger partial charge in [0.2, 0.25) is 5.91 Å². The minimum atomic E-state index is -0.395. The van der Waals surface area contributed by atoms with Crippen molar-refractivity contribution in [2.75, 3.05) is 5.43 Å². The molecule has 180 valence electrons. The number of hydrogen-bond acceptors (Lipinski definition) is 5. The van der Waals surface area contributed by atoms with Crippen LogP contribution in [0.5, 0.6) is 0 Å². The van der Waals surface area contributed by atoms with Gasteiger partial charge in [-0.1, -0.05) is 24.3 Å². The molecule has 4 rings (SSSR count). The van der Waals surface area contributed by atoms with Crippen molar-refractivity contribution < 1.29 is 9.18 Å². The predicted molar refractivity (Wildman–Crippen MR) is 132 cm³/mol. The normalized spacial score (nSPS) is 10.8. The third-order valence-electron chi connectivity index (χ3n) is 5.78. The fraction of sp³-hybridized carbons (Fsp3) is 0.192. The fourth-order valence-corrected chi connectivity index (χ4v) is 3.82. The van der Waals surface area contributed by atoms with Crippen LogP contribution in [0.1, 0.15) is 27.9 Å². The second kappa shape index (κ2) is 10.8. The lowest BCUT2D eigenvalue weighted by Gasteiger charge is -2.14. The van der Waals surface area contributed by atoms with Crippen molar-refractivity contribution in [2.45, 2.75) is 33.0 Å². The van der Waals surface area contributed by atoms with Gasteiger partial charge >= 0.3 is 0 Å². The van der Waals surface area contributed by atoms with Gasteiger partial charge in [0.05, 0.1) is 24.3 Å². The molecule has 35 heavy (non-hydrogen) atoms. The Hall–Kier alpha value is -4.24. The molecule has 4 N–H and O–H groups in total.